The van der Waals surface area contributed by atoms with Gasteiger partial charge in [0.05, 0.1) is 15.6 Å². The van der Waals surface area contributed by atoms with Gasteiger partial charge in [-0.25, -0.2) is 4.99 Å². The number of aliphatic imine (C=N–C) groups is 1. The number of allylic oxidation sites excluding steroid dienone is 1. The average molecular weight is 422 g/mol. The molecule has 0 radical (unpaired) electrons. The molecule has 0 aliphatic rings. The van der Waals surface area contributed by atoms with E-state index < -0.39 is 5.91 Å². The fourth-order valence-electron chi connectivity index (χ4n) is 2.07. The number of amides is 1. The SMILES string of the molecule is C/C(O)=C(\C=N\C(=S)Nc1ccc(Cl)c(Cl)c1)C(=O)Nc1ccccc1C. The van der Waals surface area contributed by atoms with Gasteiger partial charge >= 0.3 is 0 Å². The van der Waals surface area contributed by atoms with Crippen molar-refractivity contribution < 1.29 is 9.90 Å². The largest absolute Gasteiger partial charge is 0.512 e. The second-order valence-electron chi connectivity index (χ2n) is 5.59. The number of nitrogens with one attached hydrogen (secondary N) is 2. The van der Waals surface area contributed by atoms with Gasteiger partial charge in [0.15, 0.2) is 5.11 Å². The van der Waals surface area contributed by atoms with Crippen LogP contribution in [0.3, 0.4) is 0 Å². The van der Waals surface area contributed by atoms with Crippen molar-refractivity contribution in [1.29, 1.82) is 0 Å². The zero-order valence-corrected chi connectivity index (χ0v) is 16.9. The summed E-state index contributed by atoms with van der Waals surface area (Å²) in [5.41, 5.74) is 2.14. The maximum Gasteiger partial charge on any atom is 0.260 e. The van der Waals surface area contributed by atoms with Crippen molar-refractivity contribution in [1.82, 2.24) is 0 Å². The second-order valence-corrected chi connectivity index (χ2v) is 6.79. The zero-order valence-electron chi connectivity index (χ0n) is 14.6. The van der Waals surface area contributed by atoms with Gasteiger partial charge in [0.2, 0.25) is 0 Å². The van der Waals surface area contributed by atoms with Crippen LogP contribution in [0.5, 0.6) is 0 Å². The van der Waals surface area contributed by atoms with Gasteiger partial charge in [-0.15, -0.1) is 0 Å². The number of halogens is 2. The lowest BCUT2D eigenvalue weighted by atomic mass is 10.2. The Bertz CT molecular complexity index is 938. The van der Waals surface area contributed by atoms with Crippen LogP contribution in [-0.4, -0.2) is 22.3 Å². The second kappa shape index (κ2) is 9.50. The molecule has 2 aromatic rings. The molecule has 0 saturated heterocycles. The fraction of sp³-hybridized carbons (Fsp3) is 0.105. The summed E-state index contributed by atoms with van der Waals surface area (Å²) in [4.78, 5) is 16.5. The predicted octanol–water partition coefficient (Wildman–Crippen LogP) is 5.54. The Morgan fingerprint density at radius 3 is 2.48 bits per heavy atom. The quantitative estimate of drug-likeness (QED) is 0.262. The molecular formula is C19H17Cl2N3O2S. The summed E-state index contributed by atoms with van der Waals surface area (Å²) >= 11 is 17.0. The van der Waals surface area contributed by atoms with Gasteiger partial charge in [-0.05, 0) is 55.9 Å². The molecule has 8 heteroatoms. The van der Waals surface area contributed by atoms with Gasteiger partial charge in [0.25, 0.3) is 5.91 Å². The summed E-state index contributed by atoms with van der Waals surface area (Å²) < 4.78 is 0. The summed E-state index contributed by atoms with van der Waals surface area (Å²) in [6.45, 7) is 3.27. The normalized spacial score (nSPS) is 11.9. The van der Waals surface area contributed by atoms with Crippen molar-refractivity contribution in [2.75, 3.05) is 10.6 Å². The lowest BCUT2D eigenvalue weighted by Crippen LogP contribution is -2.18. The first kappa shape index (κ1) is 20.9. The number of carbonyl (C=O) groups is 1. The van der Waals surface area contributed by atoms with Crippen LogP contribution in [-0.2, 0) is 4.79 Å². The van der Waals surface area contributed by atoms with Gasteiger partial charge in [0, 0.05) is 17.6 Å². The average Bonchev–Trinajstić information content (AvgIpc) is 2.60. The van der Waals surface area contributed by atoms with E-state index in [0.717, 1.165) is 5.56 Å². The Hall–Kier alpha value is -2.41. The summed E-state index contributed by atoms with van der Waals surface area (Å²) in [5.74, 6) is -0.674. The number of anilines is 2. The Balaban J connectivity index is 2.09. The molecule has 0 atom stereocenters. The fourth-order valence-corrected chi connectivity index (χ4v) is 2.54. The van der Waals surface area contributed by atoms with E-state index in [-0.39, 0.29) is 16.4 Å². The molecule has 0 aliphatic heterocycles. The van der Waals surface area contributed by atoms with Crippen molar-refractivity contribution in [3.63, 3.8) is 0 Å². The highest BCUT2D eigenvalue weighted by molar-refractivity contribution is 7.80. The number of thiocarbonyl (C=S) groups is 1. The van der Waals surface area contributed by atoms with Gasteiger partial charge in [-0.2, -0.15) is 0 Å². The van der Waals surface area contributed by atoms with E-state index in [1.807, 2.05) is 25.1 Å². The lowest BCUT2D eigenvalue weighted by Gasteiger charge is -2.09. The number of rotatable bonds is 4. The Morgan fingerprint density at radius 2 is 1.85 bits per heavy atom. The van der Waals surface area contributed by atoms with Gasteiger partial charge in [-0.1, -0.05) is 41.4 Å². The Kier molecular flexibility index (Phi) is 7.36. The number of aliphatic hydroxyl groups excluding tert-OH is 1. The number of para-hydroxylation sites is 1. The molecule has 0 aromatic heterocycles. The van der Waals surface area contributed by atoms with Crippen LogP contribution in [0.4, 0.5) is 11.4 Å². The number of aryl methyl sites for hydroxylation is 1. The van der Waals surface area contributed by atoms with Crippen LogP contribution in [0.15, 0.2) is 58.8 Å². The first-order valence-corrected chi connectivity index (χ1v) is 9.01. The minimum absolute atomic E-state index is 0.00320. The third-order valence-electron chi connectivity index (χ3n) is 3.51. The van der Waals surface area contributed by atoms with Crippen molar-refractivity contribution in [2.45, 2.75) is 13.8 Å². The molecule has 0 fully saturated rings. The number of aliphatic hydroxyl groups is 1. The Labute approximate surface area is 172 Å². The van der Waals surface area contributed by atoms with E-state index in [1.54, 1.807) is 24.3 Å². The molecule has 0 unspecified atom stereocenters. The molecule has 140 valence electrons. The van der Waals surface area contributed by atoms with E-state index in [2.05, 4.69) is 15.6 Å². The number of nitrogens with zero attached hydrogens (tertiary/aromatic N) is 1. The third-order valence-corrected chi connectivity index (χ3v) is 4.46. The number of benzene rings is 2. The highest BCUT2D eigenvalue weighted by Crippen LogP contribution is 2.25. The summed E-state index contributed by atoms with van der Waals surface area (Å²) in [5, 5.41) is 16.3. The van der Waals surface area contributed by atoms with Crippen LogP contribution in [0.25, 0.3) is 0 Å². The molecule has 2 aromatic carbocycles. The van der Waals surface area contributed by atoms with E-state index in [4.69, 9.17) is 35.4 Å². The number of hydrogen-bond acceptors (Lipinski definition) is 3. The third kappa shape index (κ3) is 6.06. The number of hydrogen-bond donors (Lipinski definition) is 3. The topological polar surface area (TPSA) is 73.7 Å². The molecule has 0 heterocycles. The van der Waals surface area contributed by atoms with Crippen molar-refractivity contribution in [3.05, 3.63) is 69.4 Å². The van der Waals surface area contributed by atoms with Crippen LogP contribution < -0.4 is 10.6 Å². The molecule has 3 N–H and O–H groups in total. The van der Waals surface area contributed by atoms with E-state index in [0.29, 0.717) is 21.4 Å². The molecule has 27 heavy (non-hydrogen) atoms. The molecule has 1 amide bonds. The highest BCUT2D eigenvalue weighted by Gasteiger charge is 2.12. The van der Waals surface area contributed by atoms with E-state index in [9.17, 15) is 9.90 Å². The molecular weight excluding hydrogens is 405 g/mol. The van der Waals surface area contributed by atoms with Gasteiger partial charge in [-0.3, -0.25) is 4.79 Å². The molecule has 5 nitrogen and oxygen atoms in total. The lowest BCUT2D eigenvalue weighted by molar-refractivity contribution is -0.112. The summed E-state index contributed by atoms with van der Waals surface area (Å²) in [6.07, 6.45) is 1.20. The standard InChI is InChI=1S/C19H17Cl2N3O2S/c1-11-5-3-4-6-17(11)24-18(26)14(12(2)25)10-22-19(27)23-13-7-8-15(20)16(21)9-13/h3-10,25H,1-2H3,(H,23,27)(H,24,26)/b14-12-,22-10+. The molecule has 0 bridgehead atoms. The highest BCUT2D eigenvalue weighted by atomic mass is 35.5. The first-order chi connectivity index (χ1) is 12.8. The van der Waals surface area contributed by atoms with Crippen molar-refractivity contribution in [3.8, 4) is 0 Å². The van der Waals surface area contributed by atoms with Crippen LogP contribution in [0.1, 0.15) is 12.5 Å². The zero-order chi connectivity index (χ0) is 20.0. The molecule has 0 saturated carbocycles. The molecule has 2 rings (SSSR count). The number of carbonyl (C=O) groups excluding carboxylic acids is 1. The minimum atomic E-state index is -0.495. The molecule has 0 aliphatic carbocycles. The van der Waals surface area contributed by atoms with Crippen LogP contribution in [0.2, 0.25) is 10.0 Å². The summed E-state index contributed by atoms with van der Waals surface area (Å²) in [7, 11) is 0. The molecule has 0 spiro atoms. The monoisotopic (exact) mass is 421 g/mol. The maximum atomic E-state index is 12.4. The van der Waals surface area contributed by atoms with Crippen LogP contribution >= 0.6 is 35.4 Å². The van der Waals surface area contributed by atoms with Crippen LogP contribution in [0, 0.1) is 6.92 Å². The maximum absolute atomic E-state index is 12.4. The van der Waals surface area contributed by atoms with Gasteiger partial charge < -0.3 is 15.7 Å². The van der Waals surface area contributed by atoms with Crippen molar-refractivity contribution in [2.24, 2.45) is 4.99 Å². The summed E-state index contributed by atoms with van der Waals surface area (Å²) in [6, 6.07) is 12.2. The Morgan fingerprint density at radius 1 is 1.15 bits per heavy atom. The van der Waals surface area contributed by atoms with Crippen molar-refractivity contribution >= 4 is 64.0 Å². The first-order valence-electron chi connectivity index (χ1n) is 7.85. The minimum Gasteiger partial charge on any atom is -0.512 e. The van der Waals surface area contributed by atoms with E-state index >= 15 is 0 Å². The predicted molar refractivity (Wildman–Crippen MR) is 116 cm³/mol. The van der Waals surface area contributed by atoms with E-state index in [1.165, 1.54) is 13.1 Å². The van der Waals surface area contributed by atoms with Gasteiger partial charge in [0.1, 0.15) is 5.76 Å². The smallest absolute Gasteiger partial charge is 0.260 e.